The quantitative estimate of drug-likeness (QED) is 0.495. The molecule has 4 aromatic rings. The smallest absolute Gasteiger partial charge is 0.257 e. The third kappa shape index (κ3) is 3.92. The largest absolute Gasteiger partial charge is 0.474 e. The predicted octanol–water partition coefficient (Wildman–Crippen LogP) is 3.41. The fourth-order valence-electron chi connectivity index (χ4n) is 3.62. The molecule has 0 amide bonds. The second-order valence-electron chi connectivity index (χ2n) is 7.56. The van der Waals surface area contributed by atoms with Crippen LogP contribution in [0.2, 0.25) is 5.02 Å². The average Bonchev–Trinajstić information content (AvgIpc) is 3.16. The summed E-state index contributed by atoms with van der Waals surface area (Å²) in [5.41, 5.74) is 9.61. The standard InChI is InChI=1S/C22H22ClN7O/c1-29-9-5-17(28-29)20-19(15-12-14-4-2-6-25-18(14)16(23)13-15)27-22(21(24)26-20)31-11-10-30-7-3-8-30/h2,4-6,9,12-13H,3,7-8,10-11H2,1H3,(H2,24,26). The number of hydrogen-bond donors (Lipinski definition) is 1. The zero-order valence-electron chi connectivity index (χ0n) is 17.1. The summed E-state index contributed by atoms with van der Waals surface area (Å²) in [5, 5.41) is 5.95. The lowest BCUT2D eigenvalue weighted by atomic mass is 10.0. The maximum atomic E-state index is 6.53. The van der Waals surface area contributed by atoms with Gasteiger partial charge in [-0.1, -0.05) is 17.7 Å². The molecule has 0 aliphatic carbocycles. The molecule has 0 bridgehead atoms. The third-order valence-electron chi connectivity index (χ3n) is 5.37. The first-order valence-electron chi connectivity index (χ1n) is 10.2. The van der Waals surface area contributed by atoms with Gasteiger partial charge in [-0.2, -0.15) is 5.10 Å². The van der Waals surface area contributed by atoms with Crippen molar-refractivity contribution < 1.29 is 4.74 Å². The number of likely N-dealkylation sites (tertiary alicyclic amines) is 1. The van der Waals surface area contributed by atoms with E-state index >= 15 is 0 Å². The first kappa shape index (κ1) is 19.7. The molecule has 0 atom stereocenters. The van der Waals surface area contributed by atoms with Gasteiger partial charge >= 0.3 is 0 Å². The van der Waals surface area contributed by atoms with Gasteiger partial charge in [0.15, 0.2) is 5.82 Å². The topological polar surface area (TPSA) is 95.0 Å². The van der Waals surface area contributed by atoms with Crippen molar-refractivity contribution in [2.75, 3.05) is 32.0 Å². The number of aryl methyl sites for hydroxylation is 1. The van der Waals surface area contributed by atoms with Crippen molar-refractivity contribution in [3.05, 3.63) is 47.7 Å². The van der Waals surface area contributed by atoms with Crippen LogP contribution in [0.15, 0.2) is 42.7 Å². The molecule has 2 N–H and O–H groups in total. The van der Waals surface area contributed by atoms with E-state index in [1.165, 1.54) is 6.42 Å². The molecule has 158 valence electrons. The van der Waals surface area contributed by atoms with E-state index in [1.807, 2.05) is 43.6 Å². The number of fused-ring (bicyclic) bond motifs is 1. The molecule has 5 rings (SSSR count). The summed E-state index contributed by atoms with van der Waals surface area (Å²) < 4.78 is 7.62. The molecule has 1 saturated heterocycles. The van der Waals surface area contributed by atoms with Crippen molar-refractivity contribution in [3.8, 4) is 28.5 Å². The van der Waals surface area contributed by atoms with E-state index in [-0.39, 0.29) is 5.82 Å². The number of hydrogen-bond acceptors (Lipinski definition) is 7. The van der Waals surface area contributed by atoms with Crippen LogP contribution in [0.25, 0.3) is 33.5 Å². The van der Waals surface area contributed by atoms with Gasteiger partial charge in [-0.3, -0.25) is 14.6 Å². The molecule has 4 heterocycles. The fraction of sp³-hybridized carbons (Fsp3) is 0.273. The number of benzene rings is 1. The van der Waals surface area contributed by atoms with Crippen LogP contribution in [0.4, 0.5) is 5.82 Å². The highest BCUT2D eigenvalue weighted by molar-refractivity contribution is 6.35. The lowest BCUT2D eigenvalue weighted by Gasteiger charge is -2.30. The molecule has 9 heteroatoms. The number of halogens is 1. The Kier molecular flexibility index (Phi) is 5.17. The lowest BCUT2D eigenvalue weighted by molar-refractivity contribution is 0.145. The number of nitrogens with two attached hydrogens (primary N) is 1. The van der Waals surface area contributed by atoms with Crippen molar-refractivity contribution in [1.29, 1.82) is 0 Å². The molecule has 8 nitrogen and oxygen atoms in total. The highest BCUT2D eigenvalue weighted by atomic mass is 35.5. The van der Waals surface area contributed by atoms with Crippen molar-refractivity contribution in [1.82, 2.24) is 29.6 Å². The Hall–Kier alpha value is -3.23. The number of nitrogens with zero attached hydrogens (tertiary/aromatic N) is 6. The van der Waals surface area contributed by atoms with E-state index in [1.54, 1.807) is 10.9 Å². The van der Waals surface area contributed by atoms with Gasteiger partial charge in [0.25, 0.3) is 5.88 Å². The highest BCUT2D eigenvalue weighted by Crippen LogP contribution is 2.35. The van der Waals surface area contributed by atoms with Gasteiger partial charge in [0, 0.05) is 36.9 Å². The molecule has 31 heavy (non-hydrogen) atoms. The SMILES string of the molecule is Cn1ccc(-c2nc(N)c(OCCN3CCC3)nc2-c2cc(Cl)c3ncccc3c2)n1. The molecule has 1 aliphatic rings. The van der Waals surface area contributed by atoms with Crippen LogP contribution in [0.3, 0.4) is 0 Å². The zero-order chi connectivity index (χ0) is 21.4. The van der Waals surface area contributed by atoms with Crippen LogP contribution in [-0.4, -0.2) is 55.9 Å². The van der Waals surface area contributed by atoms with Gasteiger partial charge in [0.1, 0.15) is 23.7 Å². The van der Waals surface area contributed by atoms with Crippen LogP contribution >= 0.6 is 11.6 Å². The molecule has 1 aromatic carbocycles. The summed E-state index contributed by atoms with van der Waals surface area (Å²) in [4.78, 5) is 16.1. The van der Waals surface area contributed by atoms with Crippen LogP contribution in [0, 0.1) is 0 Å². The molecule has 1 fully saturated rings. The third-order valence-corrected chi connectivity index (χ3v) is 5.66. The molecule has 1 aliphatic heterocycles. The maximum Gasteiger partial charge on any atom is 0.257 e. The first-order valence-corrected chi connectivity index (χ1v) is 10.5. The molecule has 0 radical (unpaired) electrons. The Labute approximate surface area is 184 Å². The molecule has 0 saturated carbocycles. The second-order valence-corrected chi connectivity index (χ2v) is 7.97. The van der Waals surface area contributed by atoms with E-state index in [0.717, 1.165) is 36.1 Å². The number of ether oxygens (including phenoxy) is 1. The van der Waals surface area contributed by atoms with Crippen molar-refractivity contribution in [2.24, 2.45) is 7.05 Å². The van der Waals surface area contributed by atoms with Gasteiger partial charge in [-0.05, 0) is 43.8 Å². The summed E-state index contributed by atoms with van der Waals surface area (Å²) in [6, 6.07) is 9.55. The highest BCUT2D eigenvalue weighted by Gasteiger charge is 2.20. The summed E-state index contributed by atoms with van der Waals surface area (Å²) >= 11 is 6.53. The summed E-state index contributed by atoms with van der Waals surface area (Å²) in [6.07, 6.45) is 4.81. The van der Waals surface area contributed by atoms with E-state index in [4.69, 9.17) is 27.1 Å². The van der Waals surface area contributed by atoms with Crippen LogP contribution in [0.1, 0.15) is 6.42 Å². The van der Waals surface area contributed by atoms with Gasteiger partial charge in [0.2, 0.25) is 0 Å². The van der Waals surface area contributed by atoms with Crippen LogP contribution < -0.4 is 10.5 Å². The Morgan fingerprint density at radius 3 is 2.77 bits per heavy atom. The second kappa shape index (κ2) is 8.13. The maximum absolute atomic E-state index is 6.53. The number of pyridine rings is 1. The van der Waals surface area contributed by atoms with Crippen LogP contribution in [-0.2, 0) is 7.05 Å². The molecule has 0 spiro atoms. The zero-order valence-corrected chi connectivity index (χ0v) is 17.9. The normalized spacial score (nSPS) is 14.0. The summed E-state index contributed by atoms with van der Waals surface area (Å²) in [6.45, 7) is 3.56. The van der Waals surface area contributed by atoms with E-state index < -0.39 is 0 Å². The minimum atomic E-state index is 0.238. The summed E-state index contributed by atoms with van der Waals surface area (Å²) in [5.74, 6) is 0.555. The van der Waals surface area contributed by atoms with Gasteiger partial charge < -0.3 is 10.5 Å². The Bertz CT molecular complexity index is 1250. The lowest BCUT2D eigenvalue weighted by Crippen LogP contribution is -2.39. The predicted molar refractivity (Wildman–Crippen MR) is 121 cm³/mol. The number of nitrogen functional groups attached to an aromatic ring is 1. The van der Waals surface area contributed by atoms with Gasteiger partial charge in [-0.25, -0.2) is 9.97 Å². The van der Waals surface area contributed by atoms with Crippen LogP contribution in [0.5, 0.6) is 5.88 Å². The van der Waals surface area contributed by atoms with Gasteiger partial charge in [0.05, 0.1) is 10.5 Å². The Morgan fingerprint density at radius 2 is 2.03 bits per heavy atom. The minimum absolute atomic E-state index is 0.238. The molecular formula is C22H22ClN7O. The van der Waals surface area contributed by atoms with Gasteiger partial charge in [-0.15, -0.1) is 0 Å². The Balaban J connectivity index is 1.59. The molecular weight excluding hydrogens is 414 g/mol. The Morgan fingerprint density at radius 1 is 1.16 bits per heavy atom. The summed E-state index contributed by atoms with van der Waals surface area (Å²) in [7, 11) is 1.85. The number of rotatable bonds is 6. The van der Waals surface area contributed by atoms with E-state index in [2.05, 4.69) is 20.0 Å². The van der Waals surface area contributed by atoms with E-state index in [9.17, 15) is 0 Å². The van der Waals surface area contributed by atoms with Crippen molar-refractivity contribution in [3.63, 3.8) is 0 Å². The number of anilines is 1. The molecule has 3 aromatic heterocycles. The van der Waals surface area contributed by atoms with Crippen molar-refractivity contribution in [2.45, 2.75) is 6.42 Å². The van der Waals surface area contributed by atoms with Crippen molar-refractivity contribution >= 4 is 28.3 Å². The fourth-order valence-corrected chi connectivity index (χ4v) is 3.90. The number of aromatic nitrogens is 5. The minimum Gasteiger partial charge on any atom is -0.474 e. The molecule has 0 unspecified atom stereocenters. The monoisotopic (exact) mass is 435 g/mol. The van der Waals surface area contributed by atoms with E-state index in [0.29, 0.717) is 34.6 Å². The average molecular weight is 436 g/mol. The first-order chi connectivity index (χ1) is 15.1.